The van der Waals surface area contributed by atoms with Gasteiger partial charge in [-0.05, 0) is 62.4 Å². The molecule has 0 radical (unpaired) electrons. The fourth-order valence-electron chi connectivity index (χ4n) is 3.18. The van der Waals surface area contributed by atoms with Crippen LogP contribution in [0, 0.1) is 34.3 Å². The molecule has 0 saturated carbocycles. The Balaban J connectivity index is 0. The van der Waals surface area contributed by atoms with Gasteiger partial charge in [0.05, 0.1) is 28.5 Å². The number of aryl methyl sites for hydroxylation is 2. The van der Waals surface area contributed by atoms with Crippen LogP contribution in [0.2, 0.25) is 0 Å². The smallest absolute Gasteiger partial charge is 0.412 e. The molecule has 280 valence electrons. The van der Waals surface area contributed by atoms with E-state index in [1.54, 1.807) is 24.8 Å². The summed E-state index contributed by atoms with van der Waals surface area (Å²) in [5, 5.41) is 2.46. The molecular formula is C30H32Cl2N8O11Ru. The fraction of sp³-hybridized carbons (Fsp3) is 0.133. The zero-order valence-corrected chi connectivity index (χ0v) is 30.9. The average molecular weight is 853 g/mol. The maximum atomic E-state index is 11.0. The second-order valence-corrected chi connectivity index (χ2v) is 10.6. The zero-order chi connectivity index (χ0) is 37.7. The van der Waals surface area contributed by atoms with Crippen LogP contribution in [0.4, 0.5) is 0 Å². The van der Waals surface area contributed by atoms with Crippen LogP contribution in [0.3, 0.4) is 0 Å². The third-order valence-electron chi connectivity index (χ3n) is 5.10. The number of aliphatic imine (C=N–C) groups is 1. The Bertz CT molecular complexity index is 1560. The molecule has 0 spiro atoms. The number of pyridine rings is 4. The number of imidazole rings is 1. The molecule has 19 nitrogen and oxygen atoms in total. The first-order valence-corrected chi connectivity index (χ1v) is 16.1. The van der Waals surface area contributed by atoms with Crippen molar-refractivity contribution in [3.8, 4) is 22.8 Å². The van der Waals surface area contributed by atoms with Gasteiger partial charge in [0.2, 0.25) is 11.8 Å². The summed E-state index contributed by atoms with van der Waals surface area (Å²) < 4.78 is 67.9. The van der Waals surface area contributed by atoms with E-state index in [0.717, 1.165) is 34.2 Å². The second kappa shape index (κ2) is 25.4. The molecule has 0 aliphatic carbocycles. The number of aromatic nitrogens is 6. The molecule has 4 N–H and O–H groups in total. The number of carbonyl (C=O) groups is 2. The summed E-state index contributed by atoms with van der Waals surface area (Å²) in [7, 11) is -9.89. The topological polar surface area (TPSA) is 355 Å². The van der Waals surface area contributed by atoms with Crippen molar-refractivity contribution in [2.75, 3.05) is 0 Å². The zero-order valence-electron chi connectivity index (χ0n) is 27.6. The number of amides is 2. The number of nitrogens with zero attached hydrogens (tertiary/aromatic N) is 6. The van der Waals surface area contributed by atoms with Gasteiger partial charge in [-0.15, -0.1) is 20.5 Å². The Morgan fingerprint density at radius 3 is 1.13 bits per heavy atom. The first-order valence-electron chi connectivity index (χ1n) is 13.6. The number of carbonyl (C=O) groups excluding carboxylic acids is 2. The summed E-state index contributed by atoms with van der Waals surface area (Å²) in [5.41, 5.74) is 5.33. The summed E-state index contributed by atoms with van der Waals surface area (Å²) in [6.45, 7) is 6.34. The van der Waals surface area contributed by atoms with Crippen LogP contribution in [0.5, 0.6) is 0 Å². The molecule has 5 heterocycles. The standard InChI is InChI=1S/C10H14N4O2.2C10H8N2.2ClHO4.H2O.Ru/c1-5-6(2)12-9(11-5)10(13-7(3)15)14-8(4)16;2*1-3-7-11-9(5-1)10-6-2-4-8-12-10;2*2-1(3,4)5;;/h1-4H3,(H,11,12)(H,13,14,15,16);2*1-8H;2*(H,2,3,4,5);1H2;/q;;;;;;+2/p-2. The van der Waals surface area contributed by atoms with E-state index in [2.05, 4.69) is 40.2 Å². The predicted molar refractivity (Wildman–Crippen MR) is 158 cm³/mol. The maximum absolute atomic E-state index is 11.0. The van der Waals surface area contributed by atoms with E-state index in [1.165, 1.54) is 13.8 Å². The molecule has 52 heavy (non-hydrogen) atoms. The van der Waals surface area contributed by atoms with E-state index >= 15 is 0 Å². The van der Waals surface area contributed by atoms with Crippen LogP contribution in [0.1, 0.15) is 31.1 Å². The largest absolute Gasteiger partial charge is 2.00 e. The first-order chi connectivity index (χ1) is 23.3. The number of rotatable bonds is 3. The average Bonchev–Trinajstić information content (AvgIpc) is 3.39. The second-order valence-electron chi connectivity index (χ2n) is 9.07. The van der Waals surface area contributed by atoms with Gasteiger partial charge in [0, 0.05) is 44.3 Å². The maximum Gasteiger partial charge on any atom is 2.00 e. The van der Waals surface area contributed by atoms with Crippen LogP contribution < -0.4 is 42.6 Å². The molecule has 0 aromatic carbocycles. The van der Waals surface area contributed by atoms with Crippen molar-refractivity contribution >= 4 is 17.6 Å². The molecule has 0 unspecified atom stereocenters. The van der Waals surface area contributed by atoms with Crippen molar-refractivity contribution in [1.82, 2.24) is 35.2 Å². The van der Waals surface area contributed by atoms with Crippen LogP contribution in [-0.4, -0.2) is 53.0 Å². The molecule has 0 aliphatic heterocycles. The van der Waals surface area contributed by atoms with Crippen LogP contribution in [-0.2, 0) is 29.1 Å². The van der Waals surface area contributed by atoms with Gasteiger partial charge >= 0.3 is 19.5 Å². The van der Waals surface area contributed by atoms with Crippen LogP contribution >= 0.6 is 0 Å². The molecule has 0 aliphatic rings. The van der Waals surface area contributed by atoms with Crippen molar-refractivity contribution in [2.45, 2.75) is 27.7 Å². The Kier molecular flexibility index (Phi) is 24.2. The summed E-state index contributed by atoms with van der Waals surface area (Å²) in [6.07, 6.45) is 7.07. The van der Waals surface area contributed by atoms with E-state index in [0.29, 0.717) is 5.82 Å². The van der Waals surface area contributed by atoms with E-state index in [4.69, 9.17) is 37.3 Å². The number of hydrogen-bond donors (Lipinski definition) is 2. The number of aromatic amines is 1. The molecule has 0 bridgehead atoms. The summed E-state index contributed by atoms with van der Waals surface area (Å²) in [5.74, 6) is -0.154. The van der Waals surface area contributed by atoms with Crippen molar-refractivity contribution < 1.29 is 92.3 Å². The van der Waals surface area contributed by atoms with Crippen LogP contribution in [0.25, 0.3) is 22.8 Å². The number of hydrogen-bond acceptors (Lipinski definition) is 15. The summed E-state index contributed by atoms with van der Waals surface area (Å²) >= 11 is 0. The minimum Gasteiger partial charge on any atom is -0.412 e. The van der Waals surface area contributed by atoms with Crippen molar-refractivity contribution in [3.63, 3.8) is 0 Å². The Labute approximate surface area is 314 Å². The molecule has 0 atom stereocenters. The van der Waals surface area contributed by atoms with Gasteiger partial charge in [0.15, 0.2) is 11.7 Å². The van der Waals surface area contributed by atoms with Gasteiger partial charge in [-0.3, -0.25) is 29.5 Å². The predicted octanol–water partition coefficient (Wildman–Crippen LogP) is -5.60. The molecule has 22 heteroatoms. The molecule has 5 aromatic rings. The Morgan fingerprint density at radius 1 is 0.635 bits per heavy atom. The molecule has 5 rings (SSSR count). The minimum atomic E-state index is -4.94. The van der Waals surface area contributed by atoms with Gasteiger partial charge in [-0.25, -0.2) is 42.3 Å². The number of amidine groups is 1. The third-order valence-corrected chi connectivity index (χ3v) is 5.10. The first kappa shape index (κ1) is 49.6. The monoisotopic (exact) mass is 852 g/mol. The molecular weight excluding hydrogens is 820 g/mol. The van der Waals surface area contributed by atoms with Crippen LogP contribution in [0.15, 0.2) is 103 Å². The normalized spacial score (nSPS) is 10.3. The molecule has 0 saturated heterocycles. The Morgan fingerprint density at radius 2 is 0.942 bits per heavy atom. The van der Waals surface area contributed by atoms with E-state index in [9.17, 15) is 9.59 Å². The van der Waals surface area contributed by atoms with Crippen molar-refractivity contribution in [2.24, 2.45) is 4.99 Å². The summed E-state index contributed by atoms with van der Waals surface area (Å²) in [4.78, 5) is 49.4. The minimum absolute atomic E-state index is 0. The van der Waals surface area contributed by atoms with Gasteiger partial charge in [-0.2, -0.15) is 4.99 Å². The molecule has 0 fully saturated rings. The fourth-order valence-corrected chi connectivity index (χ4v) is 3.18. The van der Waals surface area contributed by atoms with Crippen molar-refractivity contribution in [1.29, 1.82) is 0 Å². The van der Waals surface area contributed by atoms with E-state index in [1.807, 2.05) is 86.6 Å². The van der Waals surface area contributed by atoms with Gasteiger partial charge in [0.1, 0.15) is 0 Å². The molecule has 5 aromatic heterocycles. The van der Waals surface area contributed by atoms with Gasteiger partial charge < -0.3 is 15.8 Å². The number of H-pyrrole nitrogens is 1. The molecule has 2 amide bonds. The number of nitrogens with one attached hydrogen (secondary N) is 2. The van der Waals surface area contributed by atoms with Gasteiger partial charge in [0.25, 0.3) is 0 Å². The van der Waals surface area contributed by atoms with E-state index < -0.39 is 26.4 Å². The van der Waals surface area contributed by atoms with E-state index in [-0.39, 0.29) is 36.7 Å². The SMILES string of the molecule is CC(=O)N=C(NC(C)=O)c1nc(C)c(C)[nH]1.O.[O-][Cl+3]([O-])([O-])[O-].[O-][Cl+3]([O-])([O-])[O-].[Ru+2].c1ccc(-c2ccccn2)nc1.c1ccc(-c2ccccn2)nc1. The summed E-state index contributed by atoms with van der Waals surface area (Å²) in [6, 6.07) is 23.2. The third kappa shape index (κ3) is 25.4. The van der Waals surface area contributed by atoms with Crippen molar-refractivity contribution in [3.05, 3.63) is 115 Å². The van der Waals surface area contributed by atoms with Gasteiger partial charge in [-0.1, -0.05) is 24.3 Å². The Hall–Kier alpha value is -4.54. The number of halogens is 2. The quantitative estimate of drug-likeness (QED) is 0.0971.